The largest absolute Gasteiger partial charge is 0.382 e. The first-order valence-electron chi connectivity index (χ1n) is 9.81. The second-order valence-corrected chi connectivity index (χ2v) is 8.56. The minimum atomic E-state index is -3.75. The Labute approximate surface area is 182 Å². The zero-order valence-corrected chi connectivity index (χ0v) is 17.5. The molecule has 0 radical (unpaired) electrons. The van der Waals surface area contributed by atoms with Crippen molar-refractivity contribution in [1.29, 1.82) is 0 Å². The summed E-state index contributed by atoms with van der Waals surface area (Å²) in [6.45, 7) is 0. The van der Waals surface area contributed by atoms with Gasteiger partial charge in [0.1, 0.15) is 11.5 Å². The lowest BCUT2D eigenvalue weighted by Crippen LogP contribution is -2.12. The average Bonchev–Trinajstić information content (AvgIpc) is 2.76. The summed E-state index contributed by atoms with van der Waals surface area (Å²) in [5.41, 5.74) is 4.28. The molecule has 156 valence electrons. The molecule has 0 heterocycles. The normalized spacial score (nSPS) is 11.0. The van der Waals surface area contributed by atoms with Gasteiger partial charge >= 0.3 is 10.1 Å². The van der Waals surface area contributed by atoms with E-state index in [2.05, 4.69) is 10.6 Å². The van der Waals surface area contributed by atoms with Gasteiger partial charge in [0.2, 0.25) is 0 Å². The Hall–Kier alpha value is -3.77. The first-order chi connectivity index (χ1) is 15.1. The molecular weight excluding hydrogens is 408 g/mol. The highest BCUT2D eigenvalue weighted by molar-refractivity contribution is 7.86. The Morgan fingerprint density at radius 3 is 1.74 bits per heavy atom. The molecular formula is C25H22N2O3S. The van der Waals surface area contributed by atoms with Crippen LogP contribution >= 0.6 is 0 Å². The van der Waals surface area contributed by atoms with Gasteiger partial charge < -0.3 is 14.8 Å². The maximum Gasteiger partial charge on any atom is 0.313 e. The Morgan fingerprint density at radius 2 is 1.10 bits per heavy atom. The molecule has 0 amide bonds. The molecule has 0 spiro atoms. The van der Waals surface area contributed by atoms with E-state index in [0.29, 0.717) is 5.56 Å². The molecule has 0 saturated carbocycles. The molecule has 0 fully saturated rings. The second kappa shape index (κ2) is 9.36. The van der Waals surface area contributed by atoms with Gasteiger partial charge in [-0.25, -0.2) is 0 Å². The molecule has 0 unspecified atom stereocenters. The van der Waals surface area contributed by atoms with Crippen LogP contribution in [-0.2, 0) is 15.9 Å². The lowest BCUT2D eigenvalue weighted by molar-refractivity contribution is 0.485. The molecule has 0 aliphatic rings. The second-order valence-electron chi connectivity index (χ2n) is 6.99. The highest BCUT2D eigenvalue weighted by Crippen LogP contribution is 2.25. The molecule has 4 aromatic rings. The van der Waals surface area contributed by atoms with E-state index in [0.717, 1.165) is 22.7 Å². The molecule has 2 N–H and O–H groups in total. The highest BCUT2D eigenvalue weighted by Gasteiger charge is 2.14. The van der Waals surface area contributed by atoms with E-state index in [-0.39, 0.29) is 11.5 Å². The van der Waals surface area contributed by atoms with Gasteiger partial charge in [-0.15, -0.1) is 0 Å². The number of nitrogens with one attached hydrogen (secondary N) is 2. The molecule has 4 aromatic carbocycles. The fraction of sp³-hybridized carbons (Fsp3) is 0.0400. The van der Waals surface area contributed by atoms with Crippen LogP contribution in [0.15, 0.2) is 109 Å². The van der Waals surface area contributed by atoms with Crippen molar-refractivity contribution in [2.45, 2.75) is 5.75 Å². The van der Waals surface area contributed by atoms with Crippen LogP contribution in [0.4, 0.5) is 22.7 Å². The maximum absolute atomic E-state index is 12.4. The summed E-state index contributed by atoms with van der Waals surface area (Å²) in [6.07, 6.45) is 0. The van der Waals surface area contributed by atoms with Crippen molar-refractivity contribution >= 4 is 32.9 Å². The van der Waals surface area contributed by atoms with Crippen molar-refractivity contribution in [3.63, 3.8) is 0 Å². The quantitative estimate of drug-likeness (QED) is 0.332. The molecule has 6 heteroatoms. The molecule has 0 saturated heterocycles. The van der Waals surface area contributed by atoms with Gasteiger partial charge in [-0.1, -0.05) is 54.6 Å². The maximum atomic E-state index is 12.4. The van der Waals surface area contributed by atoms with Crippen LogP contribution < -0.4 is 14.8 Å². The van der Waals surface area contributed by atoms with Crippen LogP contribution in [0.25, 0.3) is 0 Å². The number of hydrogen-bond acceptors (Lipinski definition) is 5. The lowest BCUT2D eigenvalue weighted by Gasteiger charge is -2.11. The predicted molar refractivity (Wildman–Crippen MR) is 126 cm³/mol. The van der Waals surface area contributed by atoms with Crippen LogP contribution in [0.3, 0.4) is 0 Å². The monoisotopic (exact) mass is 430 g/mol. The van der Waals surface area contributed by atoms with E-state index in [9.17, 15) is 8.42 Å². The van der Waals surface area contributed by atoms with Gasteiger partial charge in [-0.05, 0) is 54.1 Å². The van der Waals surface area contributed by atoms with Crippen molar-refractivity contribution in [1.82, 2.24) is 0 Å². The molecule has 31 heavy (non-hydrogen) atoms. The van der Waals surface area contributed by atoms with E-state index < -0.39 is 10.1 Å². The minimum absolute atomic E-state index is 0.179. The Morgan fingerprint density at radius 1 is 0.581 bits per heavy atom. The molecule has 4 rings (SSSR count). The summed E-state index contributed by atoms with van der Waals surface area (Å²) in [5, 5.41) is 6.60. The zero-order chi connectivity index (χ0) is 21.5. The van der Waals surface area contributed by atoms with Crippen LogP contribution in [0.1, 0.15) is 5.56 Å². The number of benzene rings is 4. The summed E-state index contributed by atoms with van der Waals surface area (Å²) in [6, 6.07) is 33.6. The SMILES string of the molecule is O=S(=O)(Cc1ccccc1)Oc1cccc(Nc2ccc(Nc3ccccc3)cc2)c1. The zero-order valence-electron chi connectivity index (χ0n) is 16.7. The van der Waals surface area contributed by atoms with E-state index >= 15 is 0 Å². The van der Waals surface area contributed by atoms with Gasteiger partial charge in [-0.3, -0.25) is 0 Å². The number of hydrogen-bond donors (Lipinski definition) is 2. The van der Waals surface area contributed by atoms with Crippen LogP contribution in [0.5, 0.6) is 5.75 Å². The summed E-state index contributed by atoms with van der Waals surface area (Å²) >= 11 is 0. The topological polar surface area (TPSA) is 67.4 Å². The van der Waals surface area contributed by atoms with Gasteiger partial charge in [0.25, 0.3) is 0 Å². The fourth-order valence-corrected chi connectivity index (χ4v) is 4.13. The Bertz CT molecular complexity index is 1230. The Kier molecular flexibility index (Phi) is 6.19. The first kappa shape index (κ1) is 20.5. The predicted octanol–water partition coefficient (Wildman–Crippen LogP) is 6.08. The van der Waals surface area contributed by atoms with E-state index in [1.807, 2.05) is 66.7 Å². The van der Waals surface area contributed by atoms with Crippen LogP contribution in [-0.4, -0.2) is 8.42 Å². The number of para-hydroxylation sites is 1. The number of anilines is 4. The summed E-state index contributed by atoms with van der Waals surface area (Å²) in [4.78, 5) is 0. The third-order valence-corrected chi connectivity index (χ3v) is 5.61. The number of rotatable bonds is 8. The fourth-order valence-electron chi connectivity index (χ4n) is 3.07. The molecule has 0 atom stereocenters. The average molecular weight is 431 g/mol. The van der Waals surface area contributed by atoms with Crippen molar-refractivity contribution in [2.75, 3.05) is 10.6 Å². The van der Waals surface area contributed by atoms with Crippen LogP contribution in [0, 0.1) is 0 Å². The van der Waals surface area contributed by atoms with E-state index in [4.69, 9.17) is 4.18 Å². The smallest absolute Gasteiger partial charge is 0.313 e. The van der Waals surface area contributed by atoms with Crippen LogP contribution in [0.2, 0.25) is 0 Å². The standard InChI is InChI=1S/C25H22N2O3S/c28-31(29,19-20-8-3-1-4-9-20)30-25-13-7-12-24(18-25)27-23-16-14-22(15-17-23)26-21-10-5-2-6-11-21/h1-18,26-27H,19H2. The third kappa shape index (κ3) is 6.10. The van der Waals surface area contributed by atoms with E-state index in [1.165, 1.54) is 0 Å². The highest BCUT2D eigenvalue weighted by atomic mass is 32.2. The first-order valence-corrected chi connectivity index (χ1v) is 11.4. The van der Waals surface area contributed by atoms with Crippen molar-refractivity contribution in [2.24, 2.45) is 0 Å². The van der Waals surface area contributed by atoms with Gasteiger partial charge in [0.15, 0.2) is 0 Å². The van der Waals surface area contributed by atoms with Gasteiger partial charge in [0, 0.05) is 28.8 Å². The third-order valence-electron chi connectivity index (χ3n) is 4.48. The Balaban J connectivity index is 1.40. The summed E-state index contributed by atoms with van der Waals surface area (Å²) in [7, 11) is -3.75. The van der Waals surface area contributed by atoms with Crippen molar-refractivity contribution in [3.8, 4) is 5.75 Å². The van der Waals surface area contributed by atoms with Crippen molar-refractivity contribution < 1.29 is 12.6 Å². The molecule has 0 bridgehead atoms. The van der Waals surface area contributed by atoms with Crippen molar-refractivity contribution in [3.05, 3.63) is 115 Å². The summed E-state index contributed by atoms with van der Waals surface area (Å²) in [5.74, 6) is 0.0877. The van der Waals surface area contributed by atoms with Gasteiger partial charge in [0.05, 0.1) is 0 Å². The lowest BCUT2D eigenvalue weighted by atomic mass is 10.2. The molecule has 0 aromatic heterocycles. The summed E-state index contributed by atoms with van der Waals surface area (Å²) < 4.78 is 30.0. The minimum Gasteiger partial charge on any atom is -0.382 e. The van der Waals surface area contributed by atoms with Gasteiger partial charge in [-0.2, -0.15) is 8.42 Å². The molecule has 0 aliphatic heterocycles. The van der Waals surface area contributed by atoms with E-state index in [1.54, 1.807) is 42.5 Å². The molecule has 5 nitrogen and oxygen atoms in total. The molecule has 0 aliphatic carbocycles.